The minimum Gasteiger partial charge on any atom is -0.352 e. The SMILES string of the molecule is C[C@H](N[C@H](C(=O)NC1CC1)c1ccc(F)cc1)c1ccc(Cl)c(Cl)c1. The monoisotopic (exact) mass is 380 g/mol. The van der Waals surface area contributed by atoms with Crippen molar-refractivity contribution in [2.45, 2.75) is 37.9 Å². The summed E-state index contributed by atoms with van der Waals surface area (Å²) in [4.78, 5) is 12.7. The molecule has 0 unspecified atom stereocenters. The molecule has 25 heavy (non-hydrogen) atoms. The Bertz CT molecular complexity index is 763. The molecule has 0 spiro atoms. The molecular formula is C19H19Cl2FN2O. The minimum atomic E-state index is -0.578. The summed E-state index contributed by atoms with van der Waals surface area (Å²) < 4.78 is 13.2. The first-order valence-electron chi connectivity index (χ1n) is 8.21. The van der Waals surface area contributed by atoms with Gasteiger partial charge in [-0.25, -0.2) is 4.39 Å². The first-order chi connectivity index (χ1) is 11.9. The van der Waals surface area contributed by atoms with Gasteiger partial charge in [-0.15, -0.1) is 0 Å². The molecule has 0 aromatic heterocycles. The normalized spacial score (nSPS) is 16.3. The maximum Gasteiger partial charge on any atom is 0.241 e. The fourth-order valence-electron chi connectivity index (χ4n) is 2.62. The molecule has 0 saturated heterocycles. The zero-order valence-corrected chi connectivity index (χ0v) is 15.2. The van der Waals surface area contributed by atoms with E-state index in [2.05, 4.69) is 10.6 Å². The van der Waals surface area contributed by atoms with Crippen LogP contribution in [0.25, 0.3) is 0 Å². The average Bonchev–Trinajstić information content (AvgIpc) is 3.39. The van der Waals surface area contributed by atoms with Crippen LogP contribution in [0.1, 0.15) is 43.0 Å². The van der Waals surface area contributed by atoms with Crippen LogP contribution >= 0.6 is 23.2 Å². The van der Waals surface area contributed by atoms with Crippen LogP contribution in [0.4, 0.5) is 4.39 Å². The molecule has 0 radical (unpaired) electrons. The van der Waals surface area contributed by atoms with E-state index in [-0.39, 0.29) is 23.8 Å². The third kappa shape index (κ3) is 4.72. The average molecular weight is 381 g/mol. The van der Waals surface area contributed by atoms with Crippen molar-refractivity contribution in [1.82, 2.24) is 10.6 Å². The summed E-state index contributed by atoms with van der Waals surface area (Å²) in [5.74, 6) is -0.441. The first kappa shape index (κ1) is 18.2. The number of carbonyl (C=O) groups is 1. The third-order valence-corrected chi connectivity index (χ3v) is 4.99. The van der Waals surface area contributed by atoms with Gasteiger partial charge in [0.2, 0.25) is 5.91 Å². The highest BCUT2D eigenvalue weighted by atomic mass is 35.5. The summed E-state index contributed by atoms with van der Waals surface area (Å²) in [5.41, 5.74) is 1.63. The van der Waals surface area contributed by atoms with Crippen LogP contribution in [0, 0.1) is 5.82 Å². The summed E-state index contributed by atoms with van der Waals surface area (Å²) in [5, 5.41) is 7.27. The summed E-state index contributed by atoms with van der Waals surface area (Å²) >= 11 is 12.1. The maximum atomic E-state index is 13.2. The van der Waals surface area contributed by atoms with Gasteiger partial charge < -0.3 is 5.32 Å². The van der Waals surface area contributed by atoms with Crippen LogP contribution in [0.3, 0.4) is 0 Å². The van der Waals surface area contributed by atoms with Crippen molar-refractivity contribution in [1.29, 1.82) is 0 Å². The van der Waals surface area contributed by atoms with E-state index in [4.69, 9.17) is 23.2 Å². The van der Waals surface area contributed by atoms with Gasteiger partial charge >= 0.3 is 0 Å². The van der Waals surface area contributed by atoms with Gasteiger partial charge in [-0.2, -0.15) is 0 Å². The van der Waals surface area contributed by atoms with Gasteiger partial charge in [0.25, 0.3) is 0 Å². The van der Waals surface area contributed by atoms with Gasteiger partial charge in [0.15, 0.2) is 0 Å². The lowest BCUT2D eigenvalue weighted by Gasteiger charge is -2.24. The maximum absolute atomic E-state index is 13.2. The fraction of sp³-hybridized carbons (Fsp3) is 0.316. The zero-order chi connectivity index (χ0) is 18.0. The predicted molar refractivity (Wildman–Crippen MR) is 98.3 cm³/mol. The number of benzene rings is 2. The molecule has 2 aromatic rings. The summed E-state index contributed by atoms with van der Waals surface area (Å²) in [7, 11) is 0. The Morgan fingerprint density at radius 3 is 2.32 bits per heavy atom. The van der Waals surface area contributed by atoms with Crippen molar-refractivity contribution in [2.24, 2.45) is 0 Å². The van der Waals surface area contributed by atoms with Gasteiger partial charge in [0.05, 0.1) is 10.0 Å². The third-order valence-electron chi connectivity index (χ3n) is 4.25. The van der Waals surface area contributed by atoms with E-state index in [1.807, 2.05) is 13.0 Å². The number of rotatable bonds is 6. The van der Waals surface area contributed by atoms with Crippen molar-refractivity contribution in [3.63, 3.8) is 0 Å². The number of amides is 1. The molecule has 3 rings (SSSR count). The Balaban J connectivity index is 1.81. The Hall–Kier alpha value is -1.62. The molecular weight excluding hydrogens is 362 g/mol. The Morgan fingerprint density at radius 1 is 1.08 bits per heavy atom. The highest BCUT2D eigenvalue weighted by molar-refractivity contribution is 6.42. The number of halogens is 3. The van der Waals surface area contributed by atoms with Crippen molar-refractivity contribution in [3.05, 3.63) is 69.5 Å². The van der Waals surface area contributed by atoms with E-state index in [9.17, 15) is 9.18 Å². The van der Waals surface area contributed by atoms with Gasteiger partial charge in [-0.1, -0.05) is 41.4 Å². The van der Waals surface area contributed by atoms with Crippen LogP contribution in [-0.2, 0) is 4.79 Å². The molecule has 0 aliphatic heterocycles. The predicted octanol–water partition coefficient (Wildman–Crippen LogP) is 4.80. The summed E-state index contributed by atoms with van der Waals surface area (Å²) in [6.07, 6.45) is 2.01. The highest BCUT2D eigenvalue weighted by Gasteiger charge is 2.29. The molecule has 2 aromatic carbocycles. The van der Waals surface area contributed by atoms with Crippen LogP contribution in [0.15, 0.2) is 42.5 Å². The molecule has 1 amide bonds. The van der Waals surface area contributed by atoms with E-state index in [1.165, 1.54) is 12.1 Å². The highest BCUT2D eigenvalue weighted by Crippen LogP contribution is 2.28. The van der Waals surface area contributed by atoms with Crippen LogP contribution in [-0.4, -0.2) is 11.9 Å². The van der Waals surface area contributed by atoms with Crippen molar-refractivity contribution >= 4 is 29.1 Å². The molecule has 2 N–H and O–H groups in total. The lowest BCUT2D eigenvalue weighted by atomic mass is 10.0. The van der Waals surface area contributed by atoms with Crippen LogP contribution in [0.2, 0.25) is 10.0 Å². The van der Waals surface area contributed by atoms with Crippen LogP contribution in [0.5, 0.6) is 0 Å². The molecule has 1 fully saturated rings. The van der Waals surface area contributed by atoms with E-state index < -0.39 is 6.04 Å². The van der Waals surface area contributed by atoms with Crippen molar-refractivity contribution in [3.8, 4) is 0 Å². The number of hydrogen-bond acceptors (Lipinski definition) is 2. The van der Waals surface area contributed by atoms with E-state index in [0.717, 1.165) is 18.4 Å². The molecule has 0 bridgehead atoms. The number of nitrogens with one attached hydrogen (secondary N) is 2. The van der Waals surface area contributed by atoms with Gasteiger partial charge in [0.1, 0.15) is 11.9 Å². The Labute approximate surface area is 156 Å². The molecule has 2 atom stereocenters. The lowest BCUT2D eigenvalue weighted by molar-refractivity contribution is -0.123. The molecule has 1 aliphatic rings. The topological polar surface area (TPSA) is 41.1 Å². The standard InChI is InChI=1S/C19H19Cl2FN2O/c1-11(13-4-9-16(20)17(21)10-13)23-18(19(25)24-15-7-8-15)12-2-5-14(22)6-3-12/h2-6,9-11,15,18,23H,7-8H2,1H3,(H,24,25)/t11-,18-/m0/s1. The van der Waals surface area contributed by atoms with Gasteiger partial charge in [-0.05, 0) is 55.2 Å². The second-order valence-corrected chi connectivity index (χ2v) is 7.14. The van der Waals surface area contributed by atoms with Gasteiger partial charge in [0, 0.05) is 12.1 Å². The molecule has 6 heteroatoms. The van der Waals surface area contributed by atoms with Crippen molar-refractivity contribution in [2.75, 3.05) is 0 Å². The number of hydrogen-bond donors (Lipinski definition) is 2. The molecule has 1 aliphatic carbocycles. The Kier molecular flexibility index (Phi) is 5.62. The molecule has 132 valence electrons. The van der Waals surface area contributed by atoms with E-state index in [0.29, 0.717) is 15.6 Å². The Morgan fingerprint density at radius 2 is 1.72 bits per heavy atom. The van der Waals surface area contributed by atoms with E-state index in [1.54, 1.807) is 24.3 Å². The summed E-state index contributed by atoms with van der Waals surface area (Å²) in [6, 6.07) is 10.9. The lowest BCUT2D eigenvalue weighted by Crippen LogP contribution is -2.39. The second kappa shape index (κ2) is 7.73. The second-order valence-electron chi connectivity index (χ2n) is 6.33. The zero-order valence-electron chi connectivity index (χ0n) is 13.7. The quantitative estimate of drug-likeness (QED) is 0.755. The number of carbonyl (C=O) groups excluding carboxylic acids is 1. The first-order valence-corrected chi connectivity index (χ1v) is 8.96. The van der Waals surface area contributed by atoms with E-state index >= 15 is 0 Å². The molecule has 1 saturated carbocycles. The van der Waals surface area contributed by atoms with Crippen LogP contribution < -0.4 is 10.6 Å². The smallest absolute Gasteiger partial charge is 0.241 e. The summed E-state index contributed by atoms with van der Waals surface area (Å²) in [6.45, 7) is 1.94. The fourth-order valence-corrected chi connectivity index (χ4v) is 2.93. The largest absolute Gasteiger partial charge is 0.352 e. The van der Waals surface area contributed by atoms with Crippen molar-refractivity contribution < 1.29 is 9.18 Å². The molecule has 3 nitrogen and oxygen atoms in total. The minimum absolute atomic E-state index is 0.110. The van der Waals surface area contributed by atoms with Gasteiger partial charge in [-0.3, -0.25) is 10.1 Å². The molecule has 0 heterocycles.